The molecule has 0 fully saturated rings. The molecular formula is C30H25NO5. The number of esters is 1. The number of amides is 1. The van der Waals surface area contributed by atoms with E-state index in [0.717, 1.165) is 21.8 Å². The summed E-state index contributed by atoms with van der Waals surface area (Å²) < 4.78 is 17.2. The Bertz CT molecular complexity index is 1520. The van der Waals surface area contributed by atoms with Crippen LogP contribution in [0.2, 0.25) is 0 Å². The standard InChI is InChI=1S/C30H25NO5/c1-2-31(26-17-10-12-21-11-6-7-15-23(21)26)28(32)20-35-30(33)29-25(19-34-22-13-4-3-5-14-22)24-16-8-9-18-27(24)36-29/h3-18H,2,19-20H2,1H3. The largest absolute Gasteiger partial charge is 0.489 e. The van der Waals surface area contributed by atoms with Crippen LogP contribution in [0.25, 0.3) is 21.7 Å². The molecule has 1 heterocycles. The van der Waals surface area contributed by atoms with Gasteiger partial charge in [-0.1, -0.05) is 72.8 Å². The molecule has 6 nitrogen and oxygen atoms in total. The number of carbonyl (C=O) groups excluding carboxylic acids is 2. The average Bonchev–Trinajstić information content (AvgIpc) is 3.30. The summed E-state index contributed by atoms with van der Waals surface area (Å²) in [7, 11) is 0. The molecule has 0 aliphatic rings. The molecule has 1 aromatic heterocycles. The highest BCUT2D eigenvalue weighted by Gasteiger charge is 2.24. The van der Waals surface area contributed by atoms with Crippen molar-refractivity contribution in [3.63, 3.8) is 0 Å². The highest BCUT2D eigenvalue weighted by molar-refractivity contribution is 6.05. The lowest BCUT2D eigenvalue weighted by Crippen LogP contribution is -2.34. The molecule has 0 radical (unpaired) electrons. The zero-order valence-corrected chi connectivity index (χ0v) is 19.8. The maximum Gasteiger partial charge on any atom is 0.375 e. The Hall–Kier alpha value is -4.58. The maximum absolute atomic E-state index is 13.1. The number of fused-ring (bicyclic) bond motifs is 2. The second-order valence-electron chi connectivity index (χ2n) is 8.22. The zero-order chi connectivity index (χ0) is 24.9. The summed E-state index contributed by atoms with van der Waals surface area (Å²) in [6, 6.07) is 30.3. The van der Waals surface area contributed by atoms with Gasteiger partial charge < -0.3 is 18.8 Å². The van der Waals surface area contributed by atoms with Crippen molar-refractivity contribution in [2.75, 3.05) is 18.1 Å². The van der Waals surface area contributed by atoms with E-state index >= 15 is 0 Å². The number of ether oxygens (including phenoxy) is 2. The van der Waals surface area contributed by atoms with Crippen LogP contribution in [0.1, 0.15) is 23.0 Å². The van der Waals surface area contributed by atoms with Crippen molar-refractivity contribution in [2.24, 2.45) is 0 Å². The molecule has 0 unspecified atom stereocenters. The minimum atomic E-state index is -0.708. The summed E-state index contributed by atoms with van der Waals surface area (Å²) in [5.41, 5.74) is 1.90. The Morgan fingerprint density at radius 2 is 1.50 bits per heavy atom. The van der Waals surface area contributed by atoms with E-state index in [-0.39, 0.29) is 18.3 Å². The van der Waals surface area contributed by atoms with Crippen molar-refractivity contribution in [1.82, 2.24) is 0 Å². The molecule has 0 atom stereocenters. The number of anilines is 1. The van der Waals surface area contributed by atoms with Crippen LogP contribution < -0.4 is 9.64 Å². The smallest absolute Gasteiger partial charge is 0.375 e. The Balaban J connectivity index is 1.35. The summed E-state index contributed by atoms with van der Waals surface area (Å²) in [4.78, 5) is 27.8. The van der Waals surface area contributed by atoms with E-state index in [2.05, 4.69) is 0 Å². The van der Waals surface area contributed by atoms with E-state index < -0.39 is 12.6 Å². The molecule has 0 saturated heterocycles. The van der Waals surface area contributed by atoms with E-state index in [1.165, 1.54) is 0 Å². The fraction of sp³-hybridized carbons (Fsp3) is 0.133. The number of hydrogen-bond donors (Lipinski definition) is 0. The minimum absolute atomic E-state index is 0.0353. The van der Waals surface area contributed by atoms with Crippen LogP contribution in [0.15, 0.2) is 101 Å². The molecule has 5 aromatic rings. The van der Waals surface area contributed by atoms with Gasteiger partial charge in [0.15, 0.2) is 6.61 Å². The molecule has 180 valence electrons. The highest BCUT2D eigenvalue weighted by atomic mass is 16.5. The fourth-order valence-corrected chi connectivity index (χ4v) is 4.27. The average molecular weight is 480 g/mol. The first kappa shape index (κ1) is 23.2. The number of likely N-dealkylation sites (N-methyl/N-ethyl adjacent to an activating group) is 1. The quantitative estimate of drug-likeness (QED) is 0.242. The molecule has 6 heteroatoms. The van der Waals surface area contributed by atoms with Gasteiger partial charge in [-0.15, -0.1) is 0 Å². The van der Waals surface area contributed by atoms with Crippen LogP contribution >= 0.6 is 0 Å². The highest BCUT2D eigenvalue weighted by Crippen LogP contribution is 2.29. The summed E-state index contributed by atoms with van der Waals surface area (Å²) >= 11 is 0. The van der Waals surface area contributed by atoms with Gasteiger partial charge in [0.25, 0.3) is 5.91 Å². The number of benzene rings is 4. The Kier molecular flexibility index (Phi) is 6.67. The van der Waals surface area contributed by atoms with Gasteiger partial charge >= 0.3 is 5.97 Å². The van der Waals surface area contributed by atoms with Crippen molar-refractivity contribution < 1.29 is 23.5 Å². The third-order valence-corrected chi connectivity index (χ3v) is 6.01. The van der Waals surface area contributed by atoms with Crippen molar-refractivity contribution in [3.8, 4) is 5.75 Å². The van der Waals surface area contributed by atoms with Crippen LogP contribution in [-0.2, 0) is 16.1 Å². The maximum atomic E-state index is 13.1. The van der Waals surface area contributed by atoms with Gasteiger partial charge in [0, 0.05) is 17.3 Å². The number of para-hydroxylation sites is 2. The Morgan fingerprint density at radius 3 is 2.31 bits per heavy atom. The molecule has 0 spiro atoms. The van der Waals surface area contributed by atoms with Crippen molar-refractivity contribution in [1.29, 1.82) is 0 Å². The van der Waals surface area contributed by atoms with E-state index in [9.17, 15) is 9.59 Å². The van der Waals surface area contributed by atoms with Gasteiger partial charge in [-0.05, 0) is 36.6 Å². The molecule has 0 bridgehead atoms. The molecule has 0 aliphatic heterocycles. The molecule has 4 aromatic carbocycles. The minimum Gasteiger partial charge on any atom is -0.489 e. The second kappa shape index (κ2) is 10.4. The summed E-state index contributed by atoms with van der Waals surface area (Å²) in [6.45, 7) is 2.04. The van der Waals surface area contributed by atoms with Crippen molar-refractivity contribution in [3.05, 3.63) is 108 Å². The van der Waals surface area contributed by atoms with Gasteiger partial charge in [-0.25, -0.2) is 4.79 Å². The van der Waals surface area contributed by atoms with Crippen LogP contribution in [-0.4, -0.2) is 25.0 Å². The van der Waals surface area contributed by atoms with Crippen LogP contribution in [0.5, 0.6) is 5.75 Å². The molecule has 0 saturated carbocycles. The van der Waals surface area contributed by atoms with Gasteiger partial charge in [0.05, 0.1) is 11.3 Å². The van der Waals surface area contributed by atoms with E-state index in [0.29, 0.717) is 23.4 Å². The predicted molar refractivity (Wildman–Crippen MR) is 139 cm³/mol. The first-order valence-corrected chi connectivity index (χ1v) is 11.8. The lowest BCUT2D eigenvalue weighted by atomic mass is 10.1. The lowest BCUT2D eigenvalue weighted by Gasteiger charge is -2.22. The summed E-state index contributed by atoms with van der Waals surface area (Å²) in [6.07, 6.45) is 0. The van der Waals surface area contributed by atoms with E-state index in [1.807, 2.05) is 97.9 Å². The SMILES string of the molecule is CCN(C(=O)COC(=O)c1oc2ccccc2c1COc1ccccc1)c1cccc2ccccc12. The molecular weight excluding hydrogens is 454 g/mol. The molecule has 1 amide bonds. The number of furan rings is 1. The van der Waals surface area contributed by atoms with E-state index in [4.69, 9.17) is 13.9 Å². The lowest BCUT2D eigenvalue weighted by molar-refractivity contribution is -0.121. The van der Waals surface area contributed by atoms with E-state index in [1.54, 1.807) is 11.0 Å². The summed E-state index contributed by atoms with van der Waals surface area (Å²) in [5.74, 6) is -0.320. The Labute approximate surface area is 208 Å². The fourth-order valence-electron chi connectivity index (χ4n) is 4.27. The molecule has 36 heavy (non-hydrogen) atoms. The molecule has 0 N–H and O–H groups in total. The third kappa shape index (κ3) is 4.66. The first-order valence-electron chi connectivity index (χ1n) is 11.8. The van der Waals surface area contributed by atoms with Gasteiger partial charge in [-0.2, -0.15) is 0 Å². The van der Waals surface area contributed by atoms with Gasteiger partial charge in [0.1, 0.15) is 17.9 Å². The number of nitrogens with zero attached hydrogens (tertiary/aromatic N) is 1. The molecule has 0 aliphatic carbocycles. The van der Waals surface area contributed by atoms with Crippen molar-refractivity contribution in [2.45, 2.75) is 13.5 Å². The van der Waals surface area contributed by atoms with Gasteiger partial charge in [0.2, 0.25) is 5.76 Å². The third-order valence-electron chi connectivity index (χ3n) is 6.01. The number of hydrogen-bond acceptors (Lipinski definition) is 5. The number of carbonyl (C=O) groups is 2. The van der Waals surface area contributed by atoms with Gasteiger partial charge in [-0.3, -0.25) is 4.79 Å². The van der Waals surface area contributed by atoms with Crippen LogP contribution in [0, 0.1) is 0 Å². The van der Waals surface area contributed by atoms with Crippen LogP contribution in [0.4, 0.5) is 5.69 Å². The predicted octanol–water partition coefficient (Wildman–Crippen LogP) is 6.37. The first-order chi connectivity index (χ1) is 17.7. The normalized spacial score (nSPS) is 10.9. The Morgan fingerprint density at radius 1 is 0.806 bits per heavy atom. The second-order valence-corrected chi connectivity index (χ2v) is 8.22. The zero-order valence-electron chi connectivity index (χ0n) is 19.8. The topological polar surface area (TPSA) is 69.0 Å². The van der Waals surface area contributed by atoms with Crippen LogP contribution in [0.3, 0.4) is 0 Å². The monoisotopic (exact) mass is 479 g/mol. The number of rotatable bonds is 8. The molecule has 5 rings (SSSR count). The summed E-state index contributed by atoms with van der Waals surface area (Å²) in [5, 5.41) is 2.75. The van der Waals surface area contributed by atoms with Crippen molar-refractivity contribution >= 4 is 39.3 Å².